The van der Waals surface area contributed by atoms with Crippen LogP contribution in [-0.4, -0.2) is 38.4 Å². The molecule has 2 atom stereocenters. The maximum atomic E-state index is 13.7. The van der Waals surface area contributed by atoms with Crippen molar-refractivity contribution in [2.75, 3.05) is 19.6 Å². The third-order valence-electron chi connectivity index (χ3n) is 4.13. The van der Waals surface area contributed by atoms with Crippen LogP contribution in [0.4, 0.5) is 8.78 Å². The first kappa shape index (κ1) is 16.6. The second kappa shape index (κ2) is 6.16. The Morgan fingerprint density at radius 1 is 1.24 bits per heavy atom. The number of fused-ring (bicyclic) bond motifs is 1. The third-order valence-corrected chi connectivity index (χ3v) is 6.03. The van der Waals surface area contributed by atoms with Crippen molar-refractivity contribution in [1.29, 1.82) is 0 Å². The number of benzene rings is 1. The van der Waals surface area contributed by atoms with Gasteiger partial charge in [0.2, 0.25) is 10.0 Å². The first-order valence-corrected chi connectivity index (χ1v) is 8.11. The summed E-state index contributed by atoms with van der Waals surface area (Å²) in [6, 6.07) is 2.94. The highest BCUT2D eigenvalue weighted by molar-refractivity contribution is 7.89. The van der Waals surface area contributed by atoms with E-state index in [1.807, 2.05) is 0 Å². The van der Waals surface area contributed by atoms with Gasteiger partial charge in [-0.2, -0.15) is 4.31 Å². The normalized spacial score (nSPS) is 26.2. The summed E-state index contributed by atoms with van der Waals surface area (Å²) in [5.74, 6) is -1.53. The van der Waals surface area contributed by atoms with Gasteiger partial charge in [0.15, 0.2) is 0 Å². The van der Waals surface area contributed by atoms with Gasteiger partial charge >= 0.3 is 0 Å². The summed E-state index contributed by atoms with van der Waals surface area (Å²) < 4.78 is 52.8. The average molecular weight is 339 g/mol. The largest absolute Gasteiger partial charge is 0.314 e. The molecular formula is C13H17ClF2N2O2S. The second-order valence-corrected chi connectivity index (χ2v) is 7.24. The van der Waals surface area contributed by atoms with Gasteiger partial charge in [-0.1, -0.05) is 0 Å². The highest BCUT2D eigenvalue weighted by Gasteiger charge is 2.38. The van der Waals surface area contributed by atoms with Gasteiger partial charge in [0.05, 0.1) is 0 Å². The lowest BCUT2D eigenvalue weighted by Gasteiger charge is -2.34. The molecule has 1 aromatic carbocycles. The molecule has 0 aliphatic carbocycles. The van der Waals surface area contributed by atoms with E-state index < -0.39 is 26.6 Å². The van der Waals surface area contributed by atoms with Crippen LogP contribution in [0.2, 0.25) is 0 Å². The Labute approximate surface area is 129 Å². The molecule has 2 fully saturated rings. The second-order valence-electron chi connectivity index (χ2n) is 5.34. The number of nitrogens with zero attached hydrogens (tertiary/aromatic N) is 1. The molecule has 1 aromatic rings. The summed E-state index contributed by atoms with van der Waals surface area (Å²) >= 11 is 0. The van der Waals surface area contributed by atoms with Crippen molar-refractivity contribution in [3.05, 3.63) is 29.8 Å². The summed E-state index contributed by atoms with van der Waals surface area (Å²) in [6.45, 7) is 1.66. The van der Waals surface area contributed by atoms with Gasteiger partial charge in [-0.25, -0.2) is 17.2 Å². The van der Waals surface area contributed by atoms with E-state index in [0.717, 1.165) is 31.5 Å². The fraction of sp³-hybridized carbons (Fsp3) is 0.538. The van der Waals surface area contributed by atoms with Crippen LogP contribution in [0.15, 0.2) is 23.1 Å². The number of rotatable bonds is 2. The average Bonchev–Trinajstić information content (AvgIpc) is 2.85. The van der Waals surface area contributed by atoms with Crippen LogP contribution in [0, 0.1) is 17.6 Å². The standard InChI is InChI=1S/C13H16F2N2O2S.ClH/c14-10-1-2-13(11(15)7-10)20(18,19)17-6-4-12-9(8-17)3-5-16-12;/h1-2,7,9,12,16H,3-6,8H2;1H. The Kier molecular flexibility index (Phi) is 4.87. The Morgan fingerprint density at radius 3 is 2.71 bits per heavy atom. The Balaban J connectivity index is 0.00000161. The minimum atomic E-state index is -3.88. The van der Waals surface area contributed by atoms with Gasteiger partial charge in [0.1, 0.15) is 16.5 Å². The molecule has 4 nitrogen and oxygen atoms in total. The lowest BCUT2D eigenvalue weighted by Crippen LogP contribution is -2.46. The molecule has 0 saturated carbocycles. The Hall–Kier alpha value is -0.760. The Bertz CT molecular complexity index is 627. The molecule has 2 aliphatic heterocycles. The van der Waals surface area contributed by atoms with Gasteiger partial charge in [-0.3, -0.25) is 0 Å². The van der Waals surface area contributed by atoms with Crippen molar-refractivity contribution in [2.45, 2.75) is 23.8 Å². The van der Waals surface area contributed by atoms with Crippen LogP contribution >= 0.6 is 12.4 Å². The number of hydrogen-bond donors (Lipinski definition) is 1. The van der Waals surface area contributed by atoms with Crippen LogP contribution in [0.1, 0.15) is 12.8 Å². The molecule has 1 N–H and O–H groups in total. The van der Waals surface area contributed by atoms with Gasteiger partial charge in [0, 0.05) is 25.2 Å². The van der Waals surface area contributed by atoms with Gasteiger partial charge in [0.25, 0.3) is 0 Å². The van der Waals surface area contributed by atoms with E-state index in [0.29, 0.717) is 25.2 Å². The van der Waals surface area contributed by atoms with Crippen molar-refractivity contribution < 1.29 is 17.2 Å². The molecule has 2 unspecified atom stereocenters. The molecule has 2 saturated heterocycles. The maximum absolute atomic E-state index is 13.7. The maximum Gasteiger partial charge on any atom is 0.245 e. The van der Waals surface area contributed by atoms with Crippen molar-refractivity contribution in [2.24, 2.45) is 5.92 Å². The number of halogens is 3. The number of sulfonamides is 1. The number of nitrogens with one attached hydrogen (secondary N) is 1. The smallest absolute Gasteiger partial charge is 0.245 e. The van der Waals surface area contributed by atoms with Crippen molar-refractivity contribution in [1.82, 2.24) is 9.62 Å². The summed E-state index contributed by atoms with van der Waals surface area (Å²) in [7, 11) is -3.88. The molecule has 21 heavy (non-hydrogen) atoms. The summed E-state index contributed by atoms with van der Waals surface area (Å²) in [4.78, 5) is -0.441. The number of piperidine rings is 1. The fourth-order valence-electron chi connectivity index (χ4n) is 3.06. The van der Waals surface area contributed by atoms with E-state index in [1.54, 1.807) is 0 Å². The summed E-state index contributed by atoms with van der Waals surface area (Å²) in [6.07, 6.45) is 1.66. The minimum absolute atomic E-state index is 0. The zero-order valence-corrected chi connectivity index (χ0v) is 12.9. The predicted octanol–water partition coefficient (Wildman–Crippen LogP) is 1.76. The van der Waals surface area contributed by atoms with Gasteiger partial charge in [-0.05, 0) is 37.4 Å². The van der Waals surface area contributed by atoms with E-state index in [9.17, 15) is 17.2 Å². The molecule has 8 heteroatoms. The molecule has 0 radical (unpaired) electrons. The lowest BCUT2D eigenvalue weighted by atomic mass is 9.95. The lowest BCUT2D eigenvalue weighted by molar-refractivity contribution is 0.246. The Morgan fingerprint density at radius 2 is 2.00 bits per heavy atom. The quantitative estimate of drug-likeness (QED) is 0.894. The van der Waals surface area contributed by atoms with E-state index in [2.05, 4.69) is 5.32 Å². The van der Waals surface area contributed by atoms with Crippen LogP contribution in [-0.2, 0) is 10.0 Å². The highest BCUT2D eigenvalue weighted by Crippen LogP contribution is 2.29. The third kappa shape index (κ3) is 3.06. The minimum Gasteiger partial charge on any atom is -0.314 e. The zero-order chi connectivity index (χ0) is 14.3. The van der Waals surface area contributed by atoms with E-state index in [1.165, 1.54) is 4.31 Å². The predicted molar refractivity (Wildman–Crippen MR) is 76.9 cm³/mol. The van der Waals surface area contributed by atoms with E-state index in [-0.39, 0.29) is 18.3 Å². The van der Waals surface area contributed by atoms with Crippen molar-refractivity contribution in [3.8, 4) is 0 Å². The molecule has 0 bridgehead atoms. The van der Waals surface area contributed by atoms with Crippen LogP contribution in [0.3, 0.4) is 0 Å². The molecular weight excluding hydrogens is 322 g/mol. The molecule has 118 valence electrons. The van der Waals surface area contributed by atoms with Gasteiger partial charge < -0.3 is 5.32 Å². The van der Waals surface area contributed by atoms with Crippen molar-refractivity contribution in [3.63, 3.8) is 0 Å². The van der Waals surface area contributed by atoms with Crippen LogP contribution in [0.25, 0.3) is 0 Å². The van der Waals surface area contributed by atoms with Crippen LogP contribution in [0.5, 0.6) is 0 Å². The zero-order valence-electron chi connectivity index (χ0n) is 11.3. The van der Waals surface area contributed by atoms with Gasteiger partial charge in [-0.15, -0.1) is 12.4 Å². The SMILES string of the molecule is Cl.O=S(=O)(c1ccc(F)cc1F)N1CCC2NCCC2C1. The fourth-order valence-corrected chi connectivity index (χ4v) is 4.61. The van der Waals surface area contributed by atoms with Crippen molar-refractivity contribution >= 4 is 22.4 Å². The highest BCUT2D eigenvalue weighted by atomic mass is 35.5. The first-order valence-electron chi connectivity index (χ1n) is 6.67. The molecule has 2 heterocycles. The topological polar surface area (TPSA) is 49.4 Å². The van der Waals surface area contributed by atoms with E-state index >= 15 is 0 Å². The van der Waals surface area contributed by atoms with Crippen LogP contribution < -0.4 is 5.32 Å². The monoisotopic (exact) mass is 338 g/mol. The number of hydrogen-bond acceptors (Lipinski definition) is 3. The molecule has 0 spiro atoms. The molecule has 0 amide bonds. The summed E-state index contributed by atoms with van der Waals surface area (Å²) in [5.41, 5.74) is 0. The van der Waals surface area contributed by atoms with E-state index in [4.69, 9.17) is 0 Å². The molecule has 2 aliphatic rings. The molecule has 3 rings (SSSR count). The summed E-state index contributed by atoms with van der Waals surface area (Å²) in [5, 5.41) is 3.34. The molecule has 0 aromatic heterocycles. The first-order chi connectivity index (χ1) is 9.48.